The second-order valence-corrected chi connectivity index (χ2v) is 15.5. The van der Waals surface area contributed by atoms with Gasteiger partial charge in [0.05, 0.1) is 56.5 Å². The first-order chi connectivity index (χ1) is 29.9. The molecule has 12 N–H and O–H groups in total. The number of amides is 3. The molecule has 0 saturated carbocycles. The summed E-state index contributed by atoms with van der Waals surface area (Å²) in [6.07, 6.45) is -15.3. The van der Waals surface area contributed by atoms with Crippen LogP contribution in [0, 0.1) is 0 Å². The number of ether oxygens (including phenoxy) is 3. The zero-order valence-electron chi connectivity index (χ0n) is 33.7. The van der Waals surface area contributed by atoms with E-state index >= 15 is 0 Å². The lowest BCUT2D eigenvalue weighted by Gasteiger charge is -2.38. The van der Waals surface area contributed by atoms with Gasteiger partial charge in [-0.15, -0.1) is 15.3 Å². The van der Waals surface area contributed by atoms with E-state index in [1.165, 1.54) is 57.6 Å². The van der Waals surface area contributed by atoms with Crippen LogP contribution in [0.25, 0.3) is 0 Å². The molecule has 0 spiro atoms. The molecule has 342 valence electrons. The van der Waals surface area contributed by atoms with Crippen LogP contribution in [0.5, 0.6) is 0 Å². The van der Waals surface area contributed by atoms with Gasteiger partial charge in [0.25, 0.3) is 17.7 Å². The second-order valence-electron chi connectivity index (χ2n) is 15.5. The molecule has 3 aromatic heterocycles. The van der Waals surface area contributed by atoms with Crippen molar-refractivity contribution in [1.82, 2.24) is 60.9 Å². The molecule has 0 radical (unpaired) electrons. The van der Waals surface area contributed by atoms with Crippen LogP contribution in [0.15, 0.2) is 36.8 Å². The van der Waals surface area contributed by atoms with Crippen molar-refractivity contribution in [2.75, 3.05) is 0 Å². The molecule has 7 rings (SSSR count). The number of benzene rings is 1. The van der Waals surface area contributed by atoms with E-state index in [2.05, 4.69) is 46.9 Å². The van der Waals surface area contributed by atoms with Crippen LogP contribution in [0.2, 0.25) is 0 Å². The van der Waals surface area contributed by atoms with Crippen molar-refractivity contribution in [1.29, 1.82) is 0 Å². The lowest BCUT2D eigenvalue weighted by atomic mass is 9.99. The highest BCUT2D eigenvalue weighted by Crippen LogP contribution is 2.30. The molecule has 1 aromatic carbocycles. The number of rotatable bonds is 12. The van der Waals surface area contributed by atoms with Crippen molar-refractivity contribution >= 4 is 17.7 Å². The lowest BCUT2D eigenvalue weighted by molar-refractivity contribution is -0.243. The van der Waals surface area contributed by atoms with Crippen LogP contribution in [0.3, 0.4) is 0 Å². The number of carbonyl (C=O) groups excluding carboxylic acids is 3. The summed E-state index contributed by atoms with van der Waals surface area (Å²) in [5.74, 6) is -2.25. The van der Waals surface area contributed by atoms with Crippen LogP contribution in [0.4, 0.5) is 0 Å². The summed E-state index contributed by atoms with van der Waals surface area (Å²) in [4.78, 5) is 40.7. The second kappa shape index (κ2) is 18.7. The summed E-state index contributed by atoms with van der Waals surface area (Å²) in [7, 11) is 0. The van der Waals surface area contributed by atoms with Crippen molar-refractivity contribution in [3.8, 4) is 0 Å². The largest absolute Gasteiger partial charge is 0.388 e. The highest BCUT2D eigenvalue weighted by atomic mass is 16.6. The zero-order valence-corrected chi connectivity index (χ0v) is 33.7. The highest BCUT2D eigenvalue weighted by Gasteiger charge is 2.45. The van der Waals surface area contributed by atoms with Gasteiger partial charge in [0.2, 0.25) is 0 Å². The quantitative estimate of drug-likeness (QED) is 0.0630. The first-order valence-electron chi connectivity index (χ1n) is 19.7. The number of aromatic nitrogens is 9. The number of carbonyl (C=O) groups is 3. The third kappa shape index (κ3) is 9.59. The normalized spacial score (nSPS) is 33.4. The molecular weight excluding hydrogens is 840 g/mol. The Morgan fingerprint density at radius 1 is 0.460 bits per heavy atom. The third-order valence-corrected chi connectivity index (χ3v) is 10.9. The number of hydrogen-bond donors (Lipinski definition) is 12. The first-order valence-corrected chi connectivity index (χ1v) is 19.7. The van der Waals surface area contributed by atoms with Gasteiger partial charge < -0.3 is 76.1 Å². The molecule has 0 bridgehead atoms. The van der Waals surface area contributed by atoms with E-state index in [1.54, 1.807) is 0 Å². The van der Waals surface area contributed by atoms with Gasteiger partial charge in [0.1, 0.15) is 72.0 Å². The fraction of sp³-hybridized carbons (Fsp3) is 0.583. The van der Waals surface area contributed by atoms with Crippen LogP contribution in [0.1, 0.15) is 87.6 Å². The zero-order chi connectivity index (χ0) is 45.4. The molecule has 63 heavy (non-hydrogen) atoms. The summed E-state index contributed by atoms with van der Waals surface area (Å²) < 4.78 is 20.1. The summed E-state index contributed by atoms with van der Waals surface area (Å²) >= 11 is 0. The van der Waals surface area contributed by atoms with Gasteiger partial charge >= 0.3 is 0 Å². The molecule has 3 aliphatic heterocycles. The molecule has 27 nitrogen and oxygen atoms in total. The predicted molar refractivity (Wildman–Crippen MR) is 203 cm³/mol. The topological polar surface area (TPSA) is 389 Å². The molecule has 3 aliphatic rings. The maximum atomic E-state index is 13.6. The van der Waals surface area contributed by atoms with E-state index in [9.17, 15) is 60.3 Å². The predicted octanol–water partition coefficient (Wildman–Crippen LogP) is -5.75. The van der Waals surface area contributed by atoms with Crippen molar-refractivity contribution < 1.29 is 74.6 Å². The monoisotopic (exact) mass is 888 g/mol. The summed E-state index contributed by atoms with van der Waals surface area (Å²) in [5, 5.41) is 124. The number of nitrogens with one attached hydrogen (secondary N) is 3. The molecule has 0 unspecified atom stereocenters. The molecule has 3 fully saturated rings. The number of aliphatic hydroxyl groups excluding tert-OH is 9. The van der Waals surface area contributed by atoms with Gasteiger partial charge in [-0.05, 0) is 39.0 Å². The van der Waals surface area contributed by atoms with E-state index in [0.29, 0.717) is 0 Å². The number of aliphatic hydroxyl groups is 9. The minimum Gasteiger partial charge on any atom is -0.388 e. The minimum atomic E-state index is -1.55. The van der Waals surface area contributed by atoms with Crippen molar-refractivity contribution in [3.05, 3.63) is 70.6 Å². The Morgan fingerprint density at radius 2 is 0.714 bits per heavy atom. The first kappa shape index (κ1) is 45.6. The molecule has 15 atom stereocenters. The smallest absolute Gasteiger partial charge is 0.251 e. The molecule has 0 aliphatic carbocycles. The fourth-order valence-electron chi connectivity index (χ4n) is 7.14. The van der Waals surface area contributed by atoms with E-state index in [1.807, 2.05) is 0 Å². The minimum absolute atomic E-state index is 0.134. The van der Waals surface area contributed by atoms with Gasteiger partial charge in [-0.25, -0.2) is 14.0 Å². The Labute approximate surface area is 355 Å². The summed E-state index contributed by atoms with van der Waals surface area (Å²) in [6.45, 7) is 3.82. The SMILES string of the molecule is C[C@@H]1O[C@H](n2cc(CNC(=O)c3cc(C(=O)NCc4cn([C@H]5O[C@@H](C)[C@@H](O)[C@@H](O)[C@@H]5O)nn4)cc(C(=O)NCc4cn([C@H]5O[C@@H](C)[C@@H](O)[C@@H](O)[C@@H]5O)nn4)c3)nn2)[C@@H](O)[C@H](O)[C@@H]1O. The van der Waals surface area contributed by atoms with Crippen LogP contribution in [-0.2, 0) is 33.8 Å². The van der Waals surface area contributed by atoms with Crippen molar-refractivity contribution in [2.24, 2.45) is 0 Å². The maximum Gasteiger partial charge on any atom is 0.251 e. The molecule has 4 aromatic rings. The van der Waals surface area contributed by atoms with Gasteiger partial charge in [-0.2, -0.15) is 0 Å². The Bertz CT molecular complexity index is 2000. The average molecular weight is 889 g/mol. The Morgan fingerprint density at radius 3 is 0.968 bits per heavy atom. The fourth-order valence-corrected chi connectivity index (χ4v) is 7.14. The van der Waals surface area contributed by atoms with Crippen molar-refractivity contribution in [2.45, 2.75) is 132 Å². The van der Waals surface area contributed by atoms with Gasteiger partial charge in [-0.1, -0.05) is 15.6 Å². The van der Waals surface area contributed by atoms with Gasteiger partial charge in [-0.3, -0.25) is 14.4 Å². The molecule has 6 heterocycles. The van der Waals surface area contributed by atoms with Crippen LogP contribution < -0.4 is 16.0 Å². The number of nitrogens with zero attached hydrogens (tertiary/aromatic N) is 9. The average Bonchev–Trinajstić information content (AvgIpc) is 4.07. The third-order valence-electron chi connectivity index (χ3n) is 10.9. The summed E-state index contributed by atoms with van der Waals surface area (Å²) in [5.41, 5.74) is 0.177. The lowest BCUT2D eigenvalue weighted by Crippen LogP contribution is -2.54. The van der Waals surface area contributed by atoms with E-state index < -0.39 is 110 Å². The standard InChI is InChI=1S/C36H48N12O15/c1-13-22(49)25(52)28(55)34(61-13)46-10-19(40-43-46)7-37-31(58)16-4-17(32(59)38-8-20-11-47(44-41-20)35-29(56)26(53)23(50)14(2)62-35)6-18(5-16)33(60)39-9-21-12-48(45-42-21)36-30(57)27(54)24(51)15(3)63-36/h4-6,10-15,22-30,34-36,49-57H,7-9H2,1-3H3,(H,37,58)(H,38,59)(H,39,60)/t13-,14-,15-,22+,23+,24+,25+,26+,27+,28-,29-,30-,34-,35-,36-/m0/s1. The Hall–Kier alpha value is -5.43. The van der Waals surface area contributed by atoms with E-state index in [4.69, 9.17) is 14.2 Å². The molecule has 3 saturated heterocycles. The molecule has 3 amide bonds. The maximum absolute atomic E-state index is 13.6. The number of hydrogen-bond acceptors (Lipinski definition) is 21. The molecular formula is C36H48N12O15. The van der Waals surface area contributed by atoms with Crippen LogP contribution >= 0.6 is 0 Å². The Kier molecular flexibility index (Phi) is 13.6. The highest BCUT2D eigenvalue weighted by molar-refractivity contribution is 6.04. The van der Waals surface area contributed by atoms with Crippen LogP contribution in [-0.4, -0.2) is 182 Å². The van der Waals surface area contributed by atoms with E-state index in [-0.39, 0.29) is 53.4 Å². The Balaban J connectivity index is 1.05. The van der Waals surface area contributed by atoms with Crippen molar-refractivity contribution in [3.63, 3.8) is 0 Å². The van der Waals surface area contributed by atoms with E-state index in [0.717, 1.165) is 14.0 Å². The van der Waals surface area contributed by atoms with Gasteiger partial charge in [0.15, 0.2) is 18.7 Å². The molecule has 27 heteroatoms. The van der Waals surface area contributed by atoms with Gasteiger partial charge in [0, 0.05) is 16.7 Å². The summed E-state index contributed by atoms with van der Waals surface area (Å²) in [6, 6.07) is 3.68.